The van der Waals surface area contributed by atoms with Gasteiger partial charge in [-0.1, -0.05) is 41.4 Å². The molecule has 2 aromatic carbocycles. The monoisotopic (exact) mass is 389 g/mol. The van der Waals surface area contributed by atoms with Crippen molar-refractivity contribution in [3.63, 3.8) is 0 Å². The number of halogens is 3. The maximum Gasteiger partial charge on any atom is 0.270 e. The highest BCUT2D eigenvalue weighted by atomic mass is 35.5. The molecule has 1 amide bonds. The number of benzene rings is 2. The second-order valence-electron chi connectivity index (χ2n) is 5.46. The fourth-order valence-corrected chi connectivity index (χ4v) is 2.66. The zero-order valence-corrected chi connectivity index (χ0v) is 15.0. The number of carbonyl (C=O) groups excluding carboxylic acids is 1. The Bertz CT molecular complexity index is 950. The Morgan fingerprint density at radius 1 is 1.00 bits per heavy atom. The van der Waals surface area contributed by atoms with Gasteiger partial charge in [0.15, 0.2) is 0 Å². The van der Waals surface area contributed by atoms with Crippen molar-refractivity contribution in [2.24, 2.45) is 0 Å². The molecule has 0 aliphatic rings. The molecule has 0 bridgehead atoms. The van der Waals surface area contributed by atoms with Gasteiger partial charge in [-0.15, -0.1) is 0 Å². The van der Waals surface area contributed by atoms with Crippen LogP contribution < -0.4 is 10.6 Å². The van der Waals surface area contributed by atoms with Gasteiger partial charge in [-0.2, -0.15) is 0 Å². The maximum absolute atomic E-state index is 13.2. The molecule has 3 aromatic rings. The lowest BCUT2D eigenvalue weighted by Crippen LogP contribution is -2.24. The Morgan fingerprint density at radius 2 is 1.77 bits per heavy atom. The number of nitrogens with zero attached hydrogens (tertiary/aromatic N) is 1. The summed E-state index contributed by atoms with van der Waals surface area (Å²) < 4.78 is 13.2. The van der Waals surface area contributed by atoms with Crippen molar-refractivity contribution >= 4 is 40.5 Å². The second kappa shape index (κ2) is 8.17. The van der Waals surface area contributed by atoms with Crippen molar-refractivity contribution in [1.82, 2.24) is 10.3 Å². The van der Waals surface area contributed by atoms with Crippen molar-refractivity contribution in [2.45, 2.75) is 6.54 Å². The first-order valence-corrected chi connectivity index (χ1v) is 8.48. The van der Waals surface area contributed by atoms with E-state index in [1.807, 2.05) is 18.2 Å². The van der Waals surface area contributed by atoms with E-state index in [1.54, 1.807) is 24.3 Å². The number of pyridine rings is 1. The number of hydrogen-bond acceptors (Lipinski definition) is 3. The summed E-state index contributed by atoms with van der Waals surface area (Å²) >= 11 is 11.9. The van der Waals surface area contributed by atoms with E-state index >= 15 is 0 Å². The minimum absolute atomic E-state index is 0.0155. The quantitative estimate of drug-likeness (QED) is 0.630. The van der Waals surface area contributed by atoms with E-state index in [2.05, 4.69) is 15.6 Å². The molecule has 132 valence electrons. The number of nitrogens with one attached hydrogen (secondary N) is 2. The molecule has 1 aromatic heterocycles. The molecule has 0 spiro atoms. The van der Waals surface area contributed by atoms with E-state index in [-0.39, 0.29) is 16.6 Å². The molecule has 0 atom stereocenters. The van der Waals surface area contributed by atoms with Crippen LogP contribution in [0.4, 0.5) is 15.8 Å². The molecule has 1 heterocycles. The molecule has 0 saturated heterocycles. The van der Waals surface area contributed by atoms with E-state index in [1.165, 1.54) is 18.3 Å². The van der Waals surface area contributed by atoms with Crippen molar-refractivity contribution in [3.05, 3.63) is 87.9 Å². The van der Waals surface area contributed by atoms with Crippen LogP contribution in [0, 0.1) is 5.82 Å². The Labute approximate surface area is 160 Å². The molecule has 4 nitrogen and oxygen atoms in total. The van der Waals surface area contributed by atoms with Crippen LogP contribution in [0.5, 0.6) is 0 Å². The average Bonchev–Trinajstić information content (AvgIpc) is 2.64. The maximum atomic E-state index is 13.2. The topological polar surface area (TPSA) is 54.0 Å². The summed E-state index contributed by atoms with van der Waals surface area (Å²) in [5, 5.41) is 6.44. The van der Waals surface area contributed by atoms with Crippen molar-refractivity contribution in [3.8, 4) is 0 Å². The third kappa shape index (κ3) is 4.50. The number of rotatable bonds is 5. The molecule has 0 aliphatic carbocycles. The predicted molar refractivity (Wildman–Crippen MR) is 102 cm³/mol. The number of anilines is 2. The van der Waals surface area contributed by atoms with Gasteiger partial charge in [0, 0.05) is 29.1 Å². The van der Waals surface area contributed by atoms with Gasteiger partial charge in [-0.3, -0.25) is 9.78 Å². The number of amides is 1. The Kier molecular flexibility index (Phi) is 5.71. The van der Waals surface area contributed by atoms with Crippen LogP contribution in [0.25, 0.3) is 0 Å². The van der Waals surface area contributed by atoms with Crippen LogP contribution >= 0.6 is 23.2 Å². The average molecular weight is 390 g/mol. The number of aromatic nitrogens is 1. The first-order valence-electron chi connectivity index (χ1n) is 7.72. The Balaban J connectivity index is 1.69. The fraction of sp³-hybridized carbons (Fsp3) is 0.0526. The third-order valence-electron chi connectivity index (χ3n) is 3.60. The van der Waals surface area contributed by atoms with Crippen LogP contribution in [0.1, 0.15) is 16.1 Å². The molecular formula is C19H14Cl2FN3O. The van der Waals surface area contributed by atoms with Crippen molar-refractivity contribution in [1.29, 1.82) is 0 Å². The molecule has 2 N–H and O–H groups in total. The summed E-state index contributed by atoms with van der Waals surface area (Å²) in [7, 11) is 0. The zero-order valence-electron chi connectivity index (χ0n) is 13.5. The van der Waals surface area contributed by atoms with Gasteiger partial charge in [-0.25, -0.2) is 4.39 Å². The lowest BCUT2D eigenvalue weighted by Gasteiger charge is -2.09. The van der Waals surface area contributed by atoms with Crippen molar-refractivity contribution in [2.75, 3.05) is 5.32 Å². The summed E-state index contributed by atoms with van der Waals surface area (Å²) in [4.78, 5) is 16.4. The predicted octanol–water partition coefficient (Wildman–Crippen LogP) is 5.20. The van der Waals surface area contributed by atoms with E-state index in [0.717, 1.165) is 5.56 Å². The van der Waals surface area contributed by atoms with Crippen LogP contribution in [0.3, 0.4) is 0 Å². The highest BCUT2D eigenvalue weighted by Gasteiger charge is 2.09. The Morgan fingerprint density at radius 3 is 2.54 bits per heavy atom. The van der Waals surface area contributed by atoms with Gasteiger partial charge in [0.2, 0.25) is 0 Å². The first-order chi connectivity index (χ1) is 12.5. The molecule has 7 heteroatoms. The van der Waals surface area contributed by atoms with E-state index in [9.17, 15) is 9.18 Å². The summed E-state index contributed by atoms with van der Waals surface area (Å²) in [5.41, 5.74) is 2.30. The third-order valence-corrected chi connectivity index (χ3v) is 4.26. The minimum atomic E-state index is -0.494. The van der Waals surface area contributed by atoms with Gasteiger partial charge in [-0.05, 0) is 42.0 Å². The SMILES string of the molecule is O=C(NCc1ccccc1Cl)c1cc(Nc2ccc(F)c(Cl)c2)ccn1. The Hall–Kier alpha value is -2.63. The highest BCUT2D eigenvalue weighted by molar-refractivity contribution is 6.31. The molecular weight excluding hydrogens is 376 g/mol. The van der Waals surface area contributed by atoms with Crippen LogP contribution in [0.15, 0.2) is 60.8 Å². The van der Waals surface area contributed by atoms with Crippen LogP contribution in [0.2, 0.25) is 10.0 Å². The smallest absolute Gasteiger partial charge is 0.270 e. The van der Waals surface area contributed by atoms with Gasteiger partial charge in [0.25, 0.3) is 5.91 Å². The summed E-state index contributed by atoms with van der Waals surface area (Å²) in [6.45, 7) is 0.297. The van der Waals surface area contributed by atoms with Gasteiger partial charge >= 0.3 is 0 Å². The fourth-order valence-electron chi connectivity index (χ4n) is 2.28. The first kappa shape index (κ1) is 18.2. The lowest BCUT2D eigenvalue weighted by molar-refractivity contribution is 0.0946. The largest absolute Gasteiger partial charge is 0.355 e. The van der Waals surface area contributed by atoms with Gasteiger partial charge in [0.05, 0.1) is 5.02 Å². The molecule has 3 rings (SSSR count). The molecule has 0 radical (unpaired) electrons. The van der Waals surface area contributed by atoms with Gasteiger partial charge < -0.3 is 10.6 Å². The van der Waals surface area contributed by atoms with E-state index < -0.39 is 5.82 Å². The number of carbonyl (C=O) groups is 1. The highest BCUT2D eigenvalue weighted by Crippen LogP contribution is 2.23. The van der Waals surface area contributed by atoms with E-state index in [4.69, 9.17) is 23.2 Å². The molecule has 0 unspecified atom stereocenters. The van der Waals surface area contributed by atoms with Crippen LogP contribution in [-0.4, -0.2) is 10.9 Å². The molecule has 0 fully saturated rings. The van der Waals surface area contributed by atoms with Gasteiger partial charge in [0.1, 0.15) is 11.5 Å². The van der Waals surface area contributed by atoms with Crippen molar-refractivity contribution < 1.29 is 9.18 Å². The normalized spacial score (nSPS) is 10.4. The van der Waals surface area contributed by atoms with Crippen LogP contribution in [-0.2, 0) is 6.54 Å². The summed E-state index contributed by atoms with van der Waals surface area (Å²) in [5.74, 6) is -0.822. The minimum Gasteiger partial charge on any atom is -0.355 e. The lowest BCUT2D eigenvalue weighted by atomic mass is 10.2. The zero-order chi connectivity index (χ0) is 18.5. The number of hydrogen-bond donors (Lipinski definition) is 2. The van der Waals surface area contributed by atoms with E-state index in [0.29, 0.717) is 22.9 Å². The molecule has 0 aliphatic heterocycles. The molecule has 0 saturated carbocycles. The second-order valence-corrected chi connectivity index (χ2v) is 6.27. The summed E-state index contributed by atoms with van der Waals surface area (Å²) in [6.07, 6.45) is 1.51. The summed E-state index contributed by atoms with van der Waals surface area (Å²) in [6, 6.07) is 14.9. The standard InChI is InChI=1S/C19H14Cl2FN3O/c20-15-4-2-1-3-12(15)11-24-19(26)18-10-14(7-8-23-18)25-13-5-6-17(22)16(21)9-13/h1-10H,11H2,(H,23,25)(H,24,26). The molecule has 26 heavy (non-hydrogen) atoms.